The Morgan fingerprint density at radius 1 is 1.18 bits per heavy atom. The minimum Gasteiger partial charge on any atom is -0.333 e. The zero-order valence-electron chi connectivity index (χ0n) is 12.5. The summed E-state index contributed by atoms with van der Waals surface area (Å²) in [5, 5.41) is 3.67. The number of aromatic amines is 1. The number of thioether (sulfide) groups is 1. The number of nitrogens with zero attached hydrogens (tertiary/aromatic N) is 1. The molecule has 0 atom stereocenters. The number of aromatic nitrogens is 2. The highest BCUT2D eigenvalue weighted by molar-refractivity contribution is 7.99. The van der Waals surface area contributed by atoms with Gasteiger partial charge in [-0.15, -0.1) is 0 Å². The van der Waals surface area contributed by atoms with Crippen molar-refractivity contribution in [2.75, 3.05) is 11.1 Å². The molecule has 0 aliphatic rings. The highest BCUT2D eigenvalue weighted by Gasteiger charge is 2.07. The number of hydrogen-bond acceptors (Lipinski definition) is 3. The SMILES string of the molecule is Cc1ccc(NC(=O)CSc2nc3ccccc3[nH]2)cc1C. The number of carbonyl (C=O) groups is 1. The number of carbonyl (C=O) groups excluding carboxylic acids is 1. The average Bonchev–Trinajstić information content (AvgIpc) is 2.92. The van der Waals surface area contributed by atoms with E-state index in [4.69, 9.17) is 0 Å². The molecule has 4 nitrogen and oxygen atoms in total. The fourth-order valence-corrected chi connectivity index (χ4v) is 2.83. The van der Waals surface area contributed by atoms with Crippen LogP contribution in [0.2, 0.25) is 0 Å². The normalized spacial score (nSPS) is 10.8. The van der Waals surface area contributed by atoms with E-state index in [1.165, 1.54) is 22.9 Å². The lowest BCUT2D eigenvalue weighted by Crippen LogP contribution is -2.14. The average molecular weight is 311 g/mol. The summed E-state index contributed by atoms with van der Waals surface area (Å²) < 4.78 is 0. The molecule has 0 saturated heterocycles. The topological polar surface area (TPSA) is 57.8 Å². The van der Waals surface area contributed by atoms with Crippen LogP contribution in [0.3, 0.4) is 0 Å². The molecule has 0 radical (unpaired) electrons. The zero-order valence-corrected chi connectivity index (χ0v) is 13.3. The van der Waals surface area contributed by atoms with Gasteiger partial charge < -0.3 is 10.3 Å². The van der Waals surface area contributed by atoms with Crippen molar-refractivity contribution < 1.29 is 4.79 Å². The van der Waals surface area contributed by atoms with Crippen LogP contribution in [0.25, 0.3) is 11.0 Å². The lowest BCUT2D eigenvalue weighted by molar-refractivity contribution is -0.113. The predicted molar refractivity (Wildman–Crippen MR) is 91.4 cm³/mol. The first-order valence-electron chi connectivity index (χ1n) is 7.06. The summed E-state index contributed by atoms with van der Waals surface area (Å²) in [6, 6.07) is 13.8. The van der Waals surface area contributed by atoms with Crippen molar-refractivity contribution >= 4 is 34.4 Å². The summed E-state index contributed by atoms with van der Waals surface area (Å²) in [6.45, 7) is 4.09. The second kappa shape index (κ2) is 6.23. The highest BCUT2D eigenvalue weighted by atomic mass is 32.2. The Kier molecular flexibility index (Phi) is 4.15. The van der Waals surface area contributed by atoms with Gasteiger partial charge in [0.15, 0.2) is 5.16 Å². The lowest BCUT2D eigenvalue weighted by Gasteiger charge is -2.07. The fraction of sp³-hybridized carbons (Fsp3) is 0.176. The number of nitrogens with one attached hydrogen (secondary N) is 2. The van der Waals surface area contributed by atoms with Crippen LogP contribution in [-0.2, 0) is 4.79 Å². The molecule has 5 heteroatoms. The van der Waals surface area contributed by atoms with Crippen molar-refractivity contribution in [2.45, 2.75) is 19.0 Å². The molecule has 2 aromatic carbocycles. The van der Waals surface area contributed by atoms with Crippen molar-refractivity contribution in [3.8, 4) is 0 Å². The quantitative estimate of drug-likeness (QED) is 0.718. The fourth-order valence-electron chi connectivity index (χ4n) is 2.15. The monoisotopic (exact) mass is 311 g/mol. The van der Waals surface area contributed by atoms with Gasteiger partial charge in [-0.25, -0.2) is 4.98 Å². The van der Waals surface area contributed by atoms with Crippen molar-refractivity contribution in [3.05, 3.63) is 53.6 Å². The molecule has 0 unspecified atom stereocenters. The van der Waals surface area contributed by atoms with Crippen LogP contribution in [-0.4, -0.2) is 21.6 Å². The second-order valence-electron chi connectivity index (χ2n) is 5.19. The van der Waals surface area contributed by atoms with E-state index in [2.05, 4.69) is 22.2 Å². The van der Waals surface area contributed by atoms with Gasteiger partial charge in [-0.3, -0.25) is 4.79 Å². The first-order chi connectivity index (χ1) is 10.6. The standard InChI is InChI=1S/C17H17N3OS/c1-11-7-8-13(9-12(11)2)18-16(21)10-22-17-19-14-5-3-4-6-15(14)20-17/h3-9H,10H2,1-2H3,(H,18,21)(H,19,20). The number of H-pyrrole nitrogens is 1. The molecule has 0 fully saturated rings. The van der Waals surface area contributed by atoms with E-state index in [1.54, 1.807) is 0 Å². The molecule has 0 aliphatic carbocycles. The van der Waals surface area contributed by atoms with Gasteiger partial charge >= 0.3 is 0 Å². The largest absolute Gasteiger partial charge is 0.333 e. The molecular formula is C17H17N3OS. The van der Waals surface area contributed by atoms with E-state index >= 15 is 0 Å². The van der Waals surface area contributed by atoms with Crippen LogP contribution in [0, 0.1) is 13.8 Å². The van der Waals surface area contributed by atoms with Gasteiger partial charge in [0.05, 0.1) is 16.8 Å². The molecule has 0 spiro atoms. The van der Waals surface area contributed by atoms with Gasteiger partial charge in [0.25, 0.3) is 0 Å². The molecule has 1 aromatic heterocycles. The number of para-hydroxylation sites is 2. The number of amides is 1. The number of benzene rings is 2. The van der Waals surface area contributed by atoms with Gasteiger partial charge in [-0.2, -0.15) is 0 Å². The summed E-state index contributed by atoms with van der Waals surface area (Å²) in [5.74, 6) is 0.293. The Bertz CT molecular complexity index is 793. The minimum absolute atomic E-state index is 0.0336. The highest BCUT2D eigenvalue weighted by Crippen LogP contribution is 2.20. The molecule has 1 amide bonds. The van der Waals surface area contributed by atoms with Crippen molar-refractivity contribution in [1.29, 1.82) is 0 Å². The molecular weight excluding hydrogens is 294 g/mol. The van der Waals surface area contributed by atoms with E-state index in [0.717, 1.165) is 21.9 Å². The number of anilines is 1. The van der Waals surface area contributed by atoms with Crippen LogP contribution < -0.4 is 5.32 Å². The summed E-state index contributed by atoms with van der Waals surface area (Å²) in [7, 11) is 0. The Morgan fingerprint density at radius 3 is 2.77 bits per heavy atom. The van der Waals surface area contributed by atoms with E-state index in [0.29, 0.717) is 5.75 Å². The van der Waals surface area contributed by atoms with Gasteiger partial charge in [-0.05, 0) is 49.2 Å². The molecule has 0 aliphatic heterocycles. The molecule has 22 heavy (non-hydrogen) atoms. The van der Waals surface area contributed by atoms with Gasteiger partial charge in [0.1, 0.15) is 0 Å². The summed E-state index contributed by atoms with van der Waals surface area (Å²) >= 11 is 1.40. The van der Waals surface area contributed by atoms with E-state index in [-0.39, 0.29) is 5.91 Å². The maximum absolute atomic E-state index is 12.0. The Labute approximate surface area is 133 Å². The number of imidazole rings is 1. The minimum atomic E-state index is -0.0336. The number of hydrogen-bond donors (Lipinski definition) is 2. The summed E-state index contributed by atoms with van der Waals surface area (Å²) in [4.78, 5) is 19.7. The van der Waals surface area contributed by atoms with E-state index in [9.17, 15) is 4.79 Å². The third kappa shape index (κ3) is 3.31. The molecule has 112 valence electrons. The smallest absolute Gasteiger partial charge is 0.234 e. The Balaban J connectivity index is 1.60. The number of fused-ring (bicyclic) bond motifs is 1. The van der Waals surface area contributed by atoms with Crippen molar-refractivity contribution in [1.82, 2.24) is 9.97 Å². The molecule has 2 N–H and O–H groups in total. The third-order valence-electron chi connectivity index (χ3n) is 3.50. The summed E-state index contributed by atoms with van der Waals surface area (Å²) in [6.07, 6.45) is 0. The van der Waals surface area contributed by atoms with Gasteiger partial charge in [0, 0.05) is 5.69 Å². The molecule has 0 saturated carbocycles. The van der Waals surface area contributed by atoms with Crippen LogP contribution in [0.4, 0.5) is 5.69 Å². The number of aryl methyl sites for hydroxylation is 2. The van der Waals surface area contributed by atoms with E-state index in [1.807, 2.05) is 49.4 Å². The van der Waals surface area contributed by atoms with Crippen molar-refractivity contribution in [3.63, 3.8) is 0 Å². The number of rotatable bonds is 4. The lowest BCUT2D eigenvalue weighted by atomic mass is 10.1. The maximum atomic E-state index is 12.0. The third-order valence-corrected chi connectivity index (χ3v) is 4.37. The zero-order chi connectivity index (χ0) is 15.5. The Hall–Kier alpha value is -2.27. The van der Waals surface area contributed by atoms with Crippen LogP contribution in [0.5, 0.6) is 0 Å². The van der Waals surface area contributed by atoms with Gasteiger partial charge in [0.2, 0.25) is 5.91 Å². The summed E-state index contributed by atoms with van der Waals surface area (Å²) in [5.41, 5.74) is 5.12. The van der Waals surface area contributed by atoms with Crippen LogP contribution in [0.15, 0.2) is 47.6 Å². The maximum Gasteiger partial charge on any atom is 0.234 e. The first kappa shape index (κ1) is 14.7. The molecule has 3 aromatic rings. The van der Waals surface area contributed by atoms with Crippen LogP contribution in [0.1, 0.15) is 11.1 Å². The Morgan fingerprint density at radius 2 is 2.00 bits per heavy atom. The molecule has 0 bridgehead atoms. The van der Waals surface area contributed by atoms with Crippen LogP contribution >= 0.6 is 11.8 Å². The van der Waals surface area contributed by atoms with E-state index < -0.39 is 0 Å². The van der Waals surface area contributed by atoms with Gasteiger partial charge in [-0.1, -0.05) is 30.0 Å². The first-order valence-corrected chi connectivity index (χ1v) is 8.05. The predicted octanol–water partition coefficient (Wildman–Crippen LogP) is 3.91. The molecule has 3 rings (SSSR count). The molecule has 1 heterocycles. The van der Waals surface area contributed by atoms with Crippen molar-refractivity contribution in [2.24, 2.45) is 0 Å². The second-order valence-corrected chi connectivity index (χ2v) is 6.16.